The molecule has 1 aromatic rings. The van der Waals surface area contributed by atoms with Gasteiger partial charge in [0.15, 0.2) is 6.61 Å². The SMILES string of the molecule is COc1ccc(C)cc1NC(=O)CNC(=O)COC(=O)C1C2CC3CC(C2)CC1C3. The lowest BCUT2D eigenvalue weighted by atomic mass is 9.52. The first-order valence-electron chi connectivity index (χ1n) is 10.8. The molecule has 4 fully saturated rings. The van der Waals surface area contributed by atoms with E-state index in [2.05, 4.69) is 10.6 Å². The molecule has 30 heavy (non-hydrogen) atoms. The van der Waals surface area contributed by atoms with Crippen LogP contribution in [0.15, 0.2) is 18.2 Å². The number of carbonyl (C=O) groups excluding carboxylic acids is 3. The van der Waals surface area contributed by atoms with E-state index in [1.54, 1.807) is 12.1 Å². The Kier molecular flexibility index (Phi) is 5.97. The molecule has 7 nitrogen and oxygen atoms in total. The van der Waals surface area contributed by atoms with Gasteiger partial charge in [0.05, 0.1) is 25.3 Å². The second-order valence-electron chi connectivity index (χ2n) is 9.09. The summed E-state index contributed by atoms with van der Waals surface area (Å²) in [7, 11) is 1.53. The lowest BCUT2D eigenvalue weighted by Gasteiger charge is -2.53. The summed E-state index contributed by atoms with van der Waals surface area (Å²) in [5.74, 6) is 1.81. The highest BCUT2D eigenvalue weighted by Gasteiger charge is 2.51. The van der Waals surface area contributed by atoms with Gasteiger partial charge in [0, 0.05) is 0 Å². The minimum absolute atomic E-state index is 0.0531. The van der Waals surface area contributed by atoms with E-state index in [0.29, 0.717) is 23.3 Å². The van der Waals surface area contributed by atoms with Crippen molar-refractivity contribution in [3.8, 4) is 5.75 Å². The monoisotopic (exact) mass is 414 g/mol. The zero-order chi connectivity index (χ0) is 21.3. The minimum Gasteiger partial charge on any atom is -0.495 e. The number of amides is 2. The van der Waals surface area contributed by atoms with Gasteiger partial charge in [-0.1, -0.05) is 6.07 Å². The number of benzene rings is 1. The predicted octanol–water partition coefficient (Wildman–Crippen LogP) is 2.67. The molecule has 0 heterocycles. The second kappa shape index (κ2) is 8.66. The van der Waals surface area contributed by atoms with Crippen LogP contribution < -0.4 is 15.4 Å². The highest BCUT2D eigenvalue weighted by Crippen LogP contribution is 2.56. The molecular weight excluding hydrogens is 384 g/mol. The summed E-state index contributed by atoms with van der Waals surface area (Å²) in [6, 6.07) is 5.45. The van der Waals surface area contributed by atoms with Gasteiger partial charge >= 0.3 is 5.97 Å². The standard InChI is InChI=1S/C23H30N2O5/c1-13-3-4-19(29-2)18(5-13)25-20(26)11-24-21(27)12-30-23(28)22-16-7-14-6-15(9-16)10-17(22)8-14/h3-5,14-17,22H,6-12H2,1-2H3,(H,24,27)(H,25,26). The zero-order valence-electron chi connectivity index (χ0n) is 17.6. The molecule has 4 saturated carbocycles. The van der Waals surface area contributed by atoms with E-state index in [9.17, 15) is 14.4 Å². The fraction of sp³-hybridized carbons (Fsp3) is 0.609. The van der Waals surface area contributed by atoms with Crippen LogP contribution in [0.4, 0.5) is 5.69 Å². The van der Waals surface area contributed by atoms with Gasteiger partial charge in [0.2, 0.25) is 5.91 Å². The number of hydrogen-bond acceptors (Lipinski definition) is 5. The zero-order valence-corrected chi connectivity index (χ0v) is 17.6. The molecule has 0 aliphatic heterocycles. The van der Waals surface area contributed by atoms with Crippen LogP contribution in [0.25, 0.3) is 0 Å². The summed E-state index contributed by atoms with van der Waals surface area (Å²) in [4.78, 5) is 36.9. The van der Waals surface area contributed by atoms with E-state index >= 15 is 0 Å². The third kappa shape index (κ3) is 4.45. The van der Waals surface area contributed by atoms with Gasteiger partial charge in [-0.15, -0.1) is 0 Å². The molecule has 0 saturated heterocycles. The summed E-state index contributed by atoms with van der Waals surface area (Å²) in [6.45, 7) is 1.36. The largest absolute Gasteiger partial charge is 0.495 e. The second-order valence-corrected chi connectivity index (χ2v) is 9.09. The molecule has 4 bridgehead atoms. The third-order valence-electron chi connectivity index (χ3n) is 6.92. The van der Waals surface area contributed by atoms with Crippen molar-refractivity contribution in [1.29, 1.82) is 0 Å². The van der Waals surface area contributed by atoms with E-state index < -0.39 is 5.91 Å². The average molecular weight is 415 g/mol. The highest BCUT2D eigenvalue weighted by atomic mass is 16.5. The Morgan fingerprint density at radius 3 is 2.30 bits per heavy atom. The molecule has 162 valence electrons. The minimum atomic E-state index is -0.474. The Balaban J connectivity index is 1.21. The molecule has 4 aliphatic rings. The van der Waals surface area contributed by atoms with Gasteiger partial charge in [-0.2, -0.15) is 0 Å². The van der Waals surface area contributed by atoms with E-state index in [-0.39, 0.29) is 30.9 Å². The molecule has 0 unspecified atom stereocenters. The number of rotatable bonds is 7. The molecular formula is C23H30N2O5. The Labute approximate surface area is 176 Å². The van der Waals surface area contributed by atoms with E-state index in [4.69, 9.17) is 9.47 Å². The fourth-order valence-corrected chi connectivity index (χ4v) is 5.89. The summed E-state index contributed by atoms with van der Waals surface area (Å²) >= 11 is 0. The molecule has 0 atom stereocenters. The summed E-state index contributed by atoms with van der Waals surface area (Å²) in [5, 5.41) is 5.23. The lowest BCUT2D eigenvalue weighted by molar-refractivity contribution is -0.164. The number of carbonyl (C=O) groups is 3. The molecule has 4 aliphatic carbocycles. The quantitative estimate of drug-likeness (QED) is 0.669. The van der Waals surface area contributed by atoms with Gasteiger partial charge in [0.25, 0.3) is 5.91 Å². The molecule has 0 radical (unpaired) electrons. The van der Waals surface area contributed by atoms with Crippen molar-refractivity contribution >= 4 is 23.5 Å². The van der Waals surface area contributed by atoms with Crippen molar-refractivity contribution in [2.75, 3.05) is 25.6 Å². The van der Waals surface area contributed by atoms with Gasteiger partial charge in [-0.05, 0) is 80.4 Å². The van der Waals surface area contributed by atoms with Crippen molar-refractivity contribution in [1.82, 2.24) is 5.32 Å². The van der Waals surface area contributed by atoms with Gasteiger partial charge in [-0.3, -0.25) is 14.4 Å². The Morgan fingerprint density at radius 1 is 1.00 bits per heavy atom. The average Bonchev–Trinajstić information content (AvgIpc) is 2.70. The predicted molar refractivity (Wildman–Crippen MR) is 111 cm³/mol. The van der Waals surface area contributed by atoms with E-state index in [1.165, 1.54) is 13.5 Å². The Hall–Kier alpha value is -2.57. The van der Waals surface area contributed by atoms with Crippen LogP contribution in [0.2, 0.25) is 0 Å². The van der Waals surface area contributed by atoms with Crippen LogP contribution in [0, 0.1) is 36.5 Å². The van der Waals surface area contributed by atoms with Crippen LogP contribution in [0.1, 0.15) is 37.7 Å². The molecule has 1 aromatic carbocycles. The van der Waals surface area contributed by atoms with Crippen LogP contribution in [0.5, 0.6) is 5.75 Å². The maximum atomic E-state index is 12.6. The van der Waals surface area contributed by atoms with Crippen molar-refractivity contribution in [2.24, 2.45) is 29.6 Å². The summed E-state index contributed by atoms with van der Waals surface area (Å²) in [5.41, 5.74) is 1.52. The van der Waals surface area contributed by atoms with E-state index in [0.717, 1.165) is 43.1 Å². The van der Waals surface area contributed by atoms with Crippen molar-refractivity contribution in [2.45, 2.75) is 39.0 Å². The fourth-order valence-electron chi connectivity index (χ4n) is 5.89. The van der Waals surface area contributed by atoms with Crippen LogP contribution >= 0.6 is 0 Å². The summed E-state index contributed by atoms with van der Waals surface area (Å²) in [6.07, 6.45) is 5.83. The molecule has 2 N–H and O–H groups in total. The molecule has 2 amide bonds. The first-order valence-corrected chi connectivity index (χ1v) is 10.8. The lowest BCUT2D eigenvalue weighted by Crippen LogP contribution is -2.48. The maximum absolute atomic E-state index is 12.6. The summed E-state index contributed by atoms with van der Waals surface area (Å²) < 4.78 is 10.6. The number of aryl methyl sites for hydroxylation is 1. The van der Waals surface area contributed by atoms with E-state index in [1.807, 2.05) is 13.0 Å². The Bertz CT molecular complexity index is 809. The third-order valence-corrected chi connectivity index (χ3v) is 6.92. The van der Waals surface area contributed by atoms with Crippen LogP contribution in [-0.4, -0.2) is 38.0 Å². The van der Waals surface area contributed by atoms with Crippen molar-refractivity contribution in [3.63, 3.8) is 0 Å². The number of hydrogen-bond donors (Lipinski definition) is 2. The molecule has 7 heteroatoms. The van der Waals surface area contributed by atoms with Gasteiger partial charge in [-0.25, -0.2) is 0 Å². The van der Waals surface area contributed by atoms with Gasteiger partial charge in [0.1, 0.15) is 5.75 Å². The molecule has 5 rings (SSSR count). The smallest absolute Gasteiger partial charge is 0.310 e. The highest BCUT2D eigenvalue weighted by molar-refractivity contribution is 5.96. The number of methoxy groups -OCH3 is 1. The topological polar surface area (TPSA) is 93.7 Å². The first kappa shape index (κ1) is 20.7. The van der Waals surface area contributed by atoms with Crippen LogP contribution in [-0.2, 0) is 19.1 Å². The van der Waals surface area contributed by atoms with Gasteiger partial charge < -0.3 is 20.1 Å². The molecule has 0 aromatic heterocycles. The Morgan fingerprint density at radius 2 is 1.67 bits per heavy atom. The molecule has 0 spiro atoms. The van der Waals surface area contributed by atoms with Crippen molar-refractivity contribution < 1.29 is 23.9 Å². The number of nitrogens with one attached hydrogen (secondary N) is 2. The van der Waals surface area contributed by atoms with Crippen LogP contribution in [0.3, 0.4) is 0 Å². The number of anilines is 1. The maximum Gasteiger partial charge on any atom is 0.310 e. The first-order chi connectivity index (χ1) is 14.4. The normalized spacial score (nSPS) is 28.7. The number of ether oxygens (including phenoxy) is 2. The van der Waals surface area contributed by atoms with Crippen molar-refractivity contribution in [3.05, 3.63) is 23.8 Å². The number of esters is 1.